The molecule has 0 aliphatic heterocycles. The number of thiophene rings is 1. The van der Waals surface area contributed by atoms with Crippen molar-refractivity contribution in [1.82, 2.24) is 5.43 Å². The van der Waals surface area contributed by atoms with Crippen molar-refractivity contribution in [1.29, 1.82) is 0 Å². The number of nitrogens with one attached hydrogen (secondary N) is 3. The largest absolute Gasteiger partial charge is 0.422 e. The number of benzene rings is 4. The second-order valence-electron chi connectivity index (χ2n) is 9.23. The topological polar surface area (TPSA) is 126 Å². The lowest BCUT2D eigenvalue weighted by molar-refractivity contribution is -0.136. The zero-order valence-corrected chi connectivity index (χ0v) is 24.2. The number of aryl methyl sites for hydroxylation is 1. The normalized spacial score (nSPS) is 10.8. The van der Waals surface area contributed by atoms with Crippen molar-refractivity contribution >= 4 is 74.3 Å². The first-order chi connectivity index (χ1) is 20.8. The Bertz CT molecular complexity index is 1900. The number of hydrazone groups is 1. The average molecular weight is 611 g/mol. The van der Waals surface area contributed by atoms with Gasteiger partial charge in [0.25, 0.3) is 5.91 Å². The number of halogens is 1. The van der Waals surface area contributed by atoms with Gasteiger partial charge in [-0.25, -0.2) is 10.2 Å². The van der Waals surface area contributed by atoms with E-state index in [1.807, 2.05) is 49.4 Å². The third-order valence-corrected chi connectivity index (χ3v) is 7.73. The number of hydrogen-bond donors (Lipinski definition) is 3. The van der Waals surface area contributed by atoms with Crippen molar-refractivity contribution in [2.75, 3.05) is 10.6 Å². The third kappa shape index (κ3) is 7.13. The predicted octanol–water partition coefficient (Wildman–Crippen LogP) is 6.42. The summed E-state index contributed by atoms with van der Waals surface area (Å²) in [4.78, 5) is 50.8. The molecule has 3 N–H and O–H groups in total. The fourth-order valence-corrected chi connectivity index (χ4v) is 5.45. The Kier molecular flexibility index (Phi) is 8.90. The first-order valence-corrected chi connectivity index (χ1v) is 14.1. The van der Waals surface area contributed by atoms with Crippen molar-refractivity contribution in [3.05, 3.63) is 124 Å². The molecule has 0 atom stereocenters. The van der Waals surface area contributed by atoms with Crippen LogP contribution in [0.5, 0.6) is 5.75 Å². The lowest BCUT2D eigenvalue weighted by atomic mass is 10.1. The van der Waals surface area contributed by atoms with Crippen LogP contribution in [0.25, 0.3) is 10.1 Å². The van der Waals surface area contributed by atoms with Gasteiger partial charge in [-0.05, 0) is 60.5 Å². The molecule has 4 aromatic carbocycles. The molecule has 1 heterocycles. The highest BCUT2D eigenvalue weighted by molar-refractivity contribution is 7.21. The van der Waals surface area contributed by atoms with Gasteiger partial charge in [-0.1, -0.05) is 66.2 Å². The number of rotatable bonds is 7. The lowest BCUT2D eigenvalue weighted by Gasteiger charge is -2.11. The molecule has 0 aliphatic carbocycles. The lowest BCUT2D eigenvalue weighted by Crippen LogP contribution is -2.33. The smallest absolute Gasteiger partial charge is 0.355 e. The summed E-state index contributed by atoms with van der Waals surface area (Å²) in [6.07, 6.45) is 1.29. The van der Waals surface area contributed by atoms with E-state index in [9.17, 15) is 19.2 Å². The molecule has 0 bridgehead atoms. The minimum atomic E-state index is -1.05. The molecule has 0 saturated heterocycles. The standard InChI is InChI=1S/C32H23ClN4O5S/c1-19-8-6-10-21(16-19)35-29(38)23-12-2-4-14-25(23)36-30(39)31(40)37-34-18-20-9-7-11-22(17-20)42-32(41)28-27(33)24-13-3-5-15-26(24)43-28/h2-18H,1H3,(H,35,38)(H,36,39)(H,37,40)/b34-18-. The van der Waals surface area contributed by atoms with Gasteiger partial charge in [0, 0.05) is 15.8 Å². The molecular weight excluding hydrogens is 588 g/mol. The van der Waals surface area contributed by atoms with Crippen LogP contribution in [-0.4, -0.2) is 29.9 Å². The van der Waals surface area contributed by atoms with Crippen LogP contribution in [0.3, 0.4) is 0 Å². The van der Waals surface area contributed by atoms with Crippen molar-refractivity contribution < 1.29 is 23.9 Å². The van der Waals surface area contributed by atoms with Crippen LogP contribution in [0.1, 0.15) is 31.2 Å². The highest BCUT2D eigenvalue weighted by Crippen LogP contribution is 2.35. The second kappa shape index (κ2) is 13.1. The predicted molar refractivity (Wildman–Crippen MR) is 168 cm³/mol. The van der Waals surface area contributed by atoms with E-state index in [-0.39, 0.29) is 21.9 Å². The van der Waals surface area contributed by atoms with Crippen LogP contribution < -0.4 is 20.8 Å². The Morgan fingerprint density at radius 3 is 2.42 bits per heavy atom. The van der Waals surface area contributed by atoms with Gasteiger partial charge in [0.15, 0.2) is 0 Å². The molecule has 0 unspecified atom stereocenters. The fourth-order valence-electron chi connectivity index (χ4n) is 4.06. The van der Waals surface area contributed by atoms with Gasteiger partial charge in [0.1, 0.15) is 10.6 Å². The van der Waals surface area contributed by atoms with Crippen molar-refractivity contribution in [2.45, 2.75) is 6.92 Å². The van der Waals surface area contributed by atoms with Crippen LogP contribution in [-0.2, 0) is 9.59 Å². The summed E-state index contributed by atoms with van der Waals surface area (Å²) in [5.74, 6) is -2.87. The maximum atomic E-state index is 12.8. The van der Waals surface area contributed by atoms with Crippen LogP contribution in [0.4, 0.5) is 11.4 Å². The molecule has 0 spiro atoms. The van der Waals surface area contributed by atoms with Crippen LogP contribution in [0.15, 0.2) is 102 Å². The number of carbonyl (C=O) groups is 4. The third-order valence-electron chi connectivity index (χ3n) is 6.07. The fraction of sp³-hybridized carbons (Fsp3) is 0.0312. The van der Waals surface area contributed by atoms with Gasteiger partial charge in [-0.3, -0.25) is 14.4 Å². The van der Waals surface area contributed by atoms with Crippen LogP contribution in [0, 0.1) is 6.92 Å². The van der Waals surface area contributed by atoms with E-state index in [0.717, 1.165) is 15.6 Å². The molecule has 3 amide bonds. The number of nitrogens with zero attached hydrogens (tertiary/aromatic N) is 1. The minimum absolute atomic E-state index is 0.157. The van der Waals surface area contributed by atoms with Crippen LogP contribution in [0.2, 0.25) is 5.02 Å². The van der Waals surface area contributed by atoms with E-state index in [2.05, 4.69) is 21.2 Å². The quantitative estimate of drug-likeness (QED) is 0.0644. The molecule has 0 radical (unpaired) electrons. The number of carbonyl (C=O) groups excluding carboxylic acids is 4. The number of hydrogen-bond acceptors (Lipinski definition) is 7. The van der Waals surface area contributed by atoms with E-state index >= 15 is 0 Å². The van der Waals surface area contributed by atoms with Gasteiger partial charge < -0.3 is 15.4 Å². The summed E-state index contributed by atoms with van der Waals surface area (Å²) in [5.41, 5.74) is 4.55. The number of fused-ring (bicyclic) bond motifs is 1. The molecule has 5 rings (SSSR count). The van der Waals surface area contributed by atoms with E-state index in [1.165, 1.54) is 35.8 Å². The summed E-state index contributed by atoms with van der Waals surface area (Å²) in [6.45, 7) is 1.90. The molecular formula is C32H23ClN4O5S. The number of para-hydroxylation sites is 1. The second-order valence-corrected chi connectivity index (χ2v) is 10.7. The van der Waals surface area contributed by atoms with E-state index in [0.29, 0.717) is 16.3 Å². The van der Waals surface area contributed by atoms with Crippen molar-refractivity contribution in [3.8, 4) is 5.75 Å². The Hall–Kier alpha value is -5.32. The maximum Gasteiger partial charge on any atom is 0.355 e. The number of ether oxygens (including phenoxy) is 1. The summed E-state index contributed by atoms with van der Waals surface area (Å²) >= 11 is 7.62. The molecule has 5 aromatic rings. The average Bonchev–Trinajstić information content (AvgIpc) is 3.34. The summed E-state index contributed by atoms with van der Waals surface area (Å²) in [6, 6.07) is 27.4. The van der Waals surface area contributed by atoms with Gasteiger partial charge in [0.2, 0.25) is 0 Å². The summed E-state index contributed by atoms with van der Waals surface area (Å²) < 4.78 is 6.37. The van der Waals surface area contributed by atoms with Crippen LogP contribution >= 0.6 is 22.9 Å². The molecule has 1 aromatic heterocycles. The number of amides is 3. The maximum absolute atomic E-state index is 12.8. The molecule has 214 valence electrons. The molecule has 43 heavy (non-hydrogen) atoms. The Balaban J connectivity index is 1.18. The van der Waals surface area contributed by atoms with Gasteiger partial charge in [0.05, 0.1) is 22.5 Å². The van der Waals surface area contributed by atoms with Crippen molar-refractivity contribution in [2.24, 2.45) is 5.10 Å². The van der Waals surface area contributed by atoms with E-state index in [4.69, 9.17) is 16.3 Å². The molecule has 0 aliphatic rings. The van der Waals surface area contributed by atoms with Crippen molar-refractivity contribution in [3.63, 3.8) is 0 Å². The summed E-state index contributed by atoms with van der Waals surface area (Å²) in [5, 5.41) is 10.2. The first kappa shape index (κ1) is 29.2. The first-order valence-electron chi connectivity index (χ1n) is 12.9. The Morgan fingerprint density at radius 2 is 1.60 bits per heavy atom. The SMILES string of the molecule is Cc1cccc(NC(=O)c2ccccc2NC(=O)C(=O)N/N=C\c2cccc(OC(=O)c3sc4ccccc4c3Cl)c2)c1. The Labute approximate surface area is 255 Å². The zero-order valence-electron chi connectivity index (χ0n) is 22.6. The number of esters is 1. The highest BCUT2D eigenvalue weighted by Gasteiger charge is 2.20. The highest BCUT2D eigenvalue weighted by atomic mass is 35.5. The molecule has 9 nitrogen and oxygen atoms in total. The van der Waals surface area contributed by atoms with Gasteiger partial charge >= 0.3 is 17.8 Å². The monoisotopic (exact) mass is 610 g/mol. The molecule has 0 saturated carbocycles. The molecule has 11 heteroatoms. The number of anilines is 2. The summed E-state index contributed by atoms with van der Waals surface area (Å²) in [7, 11) is 0. The van der Waals surface area contributed by atoms with Gasteiger partial charge in [-0.2, -0.15) is 5.10 Å². The zero-order chi connectivity index (χ0) is 30.3. The van der Waals surface area contributed by atoms with Gasteiger partial charge in [-0.15, -0.1) is 11.3 Å². The van der Waals surface area contributed by atoms with E-state index < -0.39 is 23.7 Å². The molecule has 0 fully saturated rings. The van der Waals surface area contributed by atoms with E-state index in [1.54, 1.807) is 36.4 Å². The Morgan fingerprint density at radius 1 is 0.837 bits per heavy atom. The minimum Gasteiger partial charge on any atom is -0.422 e.